The molecule has 0 saturated heterocycles. The summed E-state index contributed by atoms with van der Waals surface area (Å²) in [6.45, 7) is 1.98. The summed E-state index contributed by atoms with van der Waals surface area (Å²) in [5.41, 5.74) is 0. The first-order valence-corrected chi connectivity index (χ1v) is 5.64. The van der Waals surface area contributed by atoms with Gasteiger partial charge in [-0.2, -0.15) is 0 Å². The van der Waals surface area contributed by atoms with Crippen molar-refractivity contribution in [2.75, 3.05) is 12.4 Å². The van der Waals surface area contributed by atoms with E-state index in [4.69, 9.17) is 0 Å². The quantitative estimate of drug-likeness (QED) is 0.390. The van der Waals surface area contributed by atoms with Crippen molar-refractivity contribution in [1.82, 2.24) is 20.2 Å². The highest BCUT2D eigenvalue weighted by molar-refractivity contribution is 7.99. The standard InChI is InChI=1S/C8H12N4O3S/c1-3-15-7(14)4-6(13)5-16-8-9-10-11-12(8)2/h3-5H2,1-2H3. The Morgan fingerprint density at radius 1 is 1.50 bits per heavy atom. The van der Waals surface area contributed by atoms with Gasteiger partial charge in [0.1, 0.15) is 6.42 Å². The number of ketones is 1. The number of aryl methyl sites for hydroxylation is 1. The van der Waals surface area contributed by atoms with Crippen LogP contribution >= 0.6 is 11.8 Å². The Morgan fingerprint density at radius 3 is 2.81 bits per heavy atom. The first kappa shape index (κ1) is 12.6. The molecule has 0 aliphatic carbocycles. The zero-order valence-electron chi connectivity index (χ0n) is 9.04. The summed E-state index contributed by atoms with van der Waals surface area (Å²) in [4.78, 5) is 22.3. The molecule has 7 nitrogen and oxygen atoms in total. The van der Waals surface area contributed by atoms with Crippen LogP contribution in [0.25, 0.3) is 0 Å². The number of carbonyl (C=O) groups is 2. The second-order valence-corrected chi connectivity index (χ2v) is 3.84. The van der Waals surface area contributed by atoms with Gasteiger partial charge in [0.15, 0.2) is 5.78 Å². The van der Waals surface area contributed by atoms with Crippen molar-refractivity contribution in [2.24, 2.45) is 7.05 Å². The van der Waals surface area contributed by atoms with Crippen LogP contribution in [0.15, 0.2) is 5.16 Å². The lowest BCUT2D eigenvalue weighted by molar-refractivity contribution is -0.145. The van der Waals surface area contributed by atoms with Gasteiger partial charge in [0.25, 0.3) is 0 Å². The molecule has 0 N–H and O–H groups in total. The van der Waals surface area contributed by atoms with E-state index in [1.807, 2.05) is 0 Å². The molecule has 0 aliphatic heterocycles. The average molecular weight is 244 g/mol. The van der Waals surface area contributed by atoms with Crippen molar-refractivity contribution in [3.05, 3.63) is 0 Å². The van der Waals surface area contributed by atoms with Gasteiger partial charge in [-0.25, -0.2) is 4.68 Å². The number of aromatic nitrogens is 4. The number of carbonyl (C=O) groups excluding carboxylic acids is 2. The smallest absolute Gasteiger partial charge is 0.313 e. The van der Waals surface area contributed by atoms with Crippen molar-refractivity contribution in [1.29, 1.82) is 0 Å². The van der Waals surface area contributed by atoms with Crippen LogP contribution in [0.5, 0.6) is 0 Å². The zero-order valence-corrected chi connectivity index (χ0v) is 9.86. The number of ether oxygens (including phenoxy) is 1. The summed E-state index contributed by atoms with van der Waals surface area (Å²) >= 11 is 1.19. The van der Waals surface area contributed by atoms with Crippen molar-refractivity contribution in [3.8, 4) is 0 Å². The SMILES string of the molecule is CCOC(=O)CC(=O)CSc1nnnn1C. The van der Waals surface area contributed by atoms with E-state index in [0.717, 1.165) is 0 Å². The van der Waals surface area contributed by atoms with Crippen LogP contribution < -0.4 is 0 Å². The Hall–Kier alpha value is -1.44. The number of hydrogen-bond acceptors (Lipinski definition) is 7. The van der Waals surface area contributed by atoms with Gasteiger partial charge in [-0.3, -0.25) is 9.59 Å². The molecular formula is C8H12N4O3S. The predicted octanol–water partition coefficient (Wildman–Crippen LogP) is -0.176. The minimum absolute atomic E-state index is 0.160. The number of Topliss-reactive ketones (excluding diaryl/α,β-unsaturated/α-hetero) is 1. The van der Waals surface area contributed by atoms with E-state index < -0.39 is 5.97 Å². The summed E-state index contributed by atoms with van der Waals surface area (Å²) in [5.74, 6) is -0.539. The molecule has 0 bridgehead atoms. The normalized spacial score (nSPS) is 10.1. The Labute approximate surface area is 96.5 Å². The molecule has 0 unspecified atom stereocenters. The Kier molecular flexibility index (Phi) is 4.90. The largest absolute Gasteiger partial charge is 0.466 e. The van der Waals surface area contributed by atoms with Crippen LogP contribution in [0.1, 0.15) is 13.3 Å². The highest BCUT2D eigenvalue weighted by Crippen LogP contribution is 2.12. The Balaban J connectivity index is 2.31. The lowest BCUT2D eigenvalue weighted by atomic mass is 10.3. The van der Waals surface area contributed by atoms with Crippen molar-refractivity contribution in [2.45, 2.75) is 18.5 Å². The van der Waals surface area contributed by atoms with Gasteiger partial charge in [0, 0.05) is 7.05 Å². The molecule has 0 saturated carbocycles. The van der Waals surface area contributed by atoms with Crippen LogP contribution in [-0.4, -0.2) is 44.3 Å². The predicted molar refractivity (Wildman–Crippen MR) is 55.8 cm³/mol. The number of nitrogens with zero attached hydrogens (tertiary/aromatic N) is 4. The fourth-order valence-electron chi connectivity index (χ4n) is 0.913. The summed E-state index contributed by atoms with van der Waals surface area (Å²) < 4.78 is 6.12. The summed E-state index contributed by atoms with van der Waals surface area (Å²) in [6, 6.07) is 0. The number of thioether (sulfide) groups is 1. The Morgan fingerprint density at radius 2 is 2.25 bits per heavy atom. The average Bonchev–Trinajstić information content (AvgIpc) is 2.61. The third-order valence-corrected chi connectivity index (χ3v) is 2.66. The van der Waals surface area contributed by atoms with Crippen molar-refractivity contribution >= 4 is 23.5 Å². The number of rotatable bonds is 6. The van der Waals surface area contributed by atoms with Gasteiger partial charge in [-0.1, -0.05) is 11.8 Å². The molecule has 0 aliphatic rings. The maximum absolute atomic E-state index is 11.3. The van der Waals surface area contributed by atoms with Crippen LogP contribution in [-0.2, 0) is 21.4 Å². The molecule has 8 heteroatoms. The van der Waals surface area contributed by atoms with Crippen LogP contribution in [0.4, 0.5) is 0 Å². The minimum Gasteiger partial charge on any atom is -0.466 e. The fourth-order valence-corrected chi connectivity index (χ4v) is 1.62. The Bertz CT molecular complexity index is 379. The molecule has 0 aromatic carbocycles. The summed E-state index contributed by atoms with van der Waals surface area (Å²) in [7, 11) is 1.68. The van der Waals surface area contributed by atoms with Crippen LogP contribution in [0.3, 0.4) is 0 Å². The van der Waals surface area contributed by atoms with Crippen molar-refractivity contribution in [3.63, 3.8) is 0 Å². The van der Waals surface area contributed by atoms with Crippen LogP contribution in [0.2, 0.25) is 0 Å². The molecule has 0 fully saturated rings. The van der Waals surface area contributed by atoms with Crippen molar-refractivity contribution < 1.29 is 14.3 Å². The van der Waals surface area contributed by atoms with Gasteiger partial charge >= 0.3 is 5.97 Å². The highest BCUT2D eigenvalue weighted by Gasteiger charge is 2.12. The molecule has 1 rings (SSSR count). The molecule has 1 aromatic heterocycles. The molecule has 1 heterocycles. The van der Waals surface area contributed by atoms with E-state index >= 15 is 0 Å². The summed E-state index contributed by atoms with van der Waals surface area (Å²) in [5, 5.41) is 11.3. The van der Waals surface area contributed by atoms with E-state index in [9.17, 15) is 9.59 Å². The van der Waals surface area contributed by atoms with Gasteiger partial charge in [0.2, 0.25) is 5.16 Å². The molecular weight excluding hydrogens is 232 g/mol. The fraction of sp³-hybridized carbons (Fsp3) is 0.625. The second-order valence-electron chi connectivity index (χ2n) is 2.89. The third-order valence-electron chi connectivity index (χ3n) is 1.59. The zero-order chi connectivity index (χ0) is 12.0. The van der Waals surface area contributed by atoms with E-state index in [0.29, 0.717) is 5.16 Å². The second kappa shape index (κ2) is 6.21. The number of hydrogen-bond donors (Lipinski definition) is 0. The van der Waals surface area contributed by atoms with Gasteiger partial charge in [-0.05, 0) is 17.4 Å². The van der Waals surface area contributed by atoms with Gasteiger partial charge < -0.3 is 4.74 Å². The molecule has 1 aromatic rings. The molecule has 0 radical (unpaired) electrons. The molecule has 88 valence electrons. The molecule has 16 heavy (non-hydrogen) atoms. The molecule has 0 spiro atoms. The molecule has 0 amide bonds. The highest BCUT2D eigenvalue weighted by atomic mass is 32.2. The first-order chi connectivity index (χ1) is 7.63. The number of tetrazole rings is 1. The summed E-state index contributed by atoms with van der Waals surface area (Å²) in [6.07, 6.45) is -0.202. The van der Waals surface area contributed by atoms with E-state index in [2.05, 4.69) is 20.3 Å². The van der Waals surface area contributed by atoms with E-state index in [1.54, 1.807) is 14.0 Å². The lowest BCUT2D eigenvalue weighted by Crippen LogP contribution is -2.13. The molecule has 0 atom stereocenters. The first-order valence-electron chi connectivity index (χ1n) is 4.66. The maximum atomic E-state index is 11.3. The topological polar surface area (TPSA) is 87.0 Å². The lowest BCUT2D eigenvalue weighted by Gasteiger charge is -2.00. The third kappa shape index (κ3) is 3.97. The monoisotopic (exact) mass is 244 g/mol. The van der Waals surface area contributed by atoms with Crippen LogP contribution in [0, 0.1) is 0 Å². The van der Waals surface area contributed by atoms with E-state index in [-0.39, 0.29) is 24.6 Å². The minimum atomic E-state index is -0.496. The van der Waals surface area contributed by atoms with E-state index in [1.165, 1.54) is 16.4 Å². The van der Waals surface area contributed by atoms with Gasteiger partial charge in [-0.15, -0.1) is 5.10 Å². The van der Waals surface area contributed by atoms with Gasteiger partial charge in [0.05, 0.1) is 12.4 Å². The number of esters is 1. The maximum Gasteiger partial charge on any atom is 0.313 e.